The topological polar surface area (TPSA) is 55.2 Å². The monoisotopic (exact) mass is 280 g/mol. The molecular weight excluding hydrogens is 266 g/mol. The zero-order chi connectivity index (χ0) is 14.3. The van der Waals surface area contributed by atoms with Crippen LogP contribution in [0.3, 0.4) is 0 Å². The lowest BCUT2D eigenvalue weighted by Gasteiger charge is -2.19. The number of fused-ring (bicyclic) bond motifs is 2. The molecule has 106 valence electrons. The fraction of sp³-hybridized carbons (Fsp3) is 0.429. The number of hydrogen-bond acceptors (Lipinski definition) is 3. The highest BCUT2D eigenvalue weighted by Crippen LogP contribution is 2.43. The van der Waals surface area contributed by atoms with Gasteiger partial charge < -0.3 is 5.32 Å². The number of nitrogens with zero attached hydrogens (tertiary/aromatic N) is 1. The van der Waals surface area contributed by atoms with Gasteiger partial charge >= 0.3 is 5.69 Å². The molecule has 0 spiro atoms. The van der Waals surface area contributed by atoms with E-state index in [9.17, 15) is 18.9 Å². The second-order valence-electron chi connectivity index (χ2n) is 5.46. The van der Waals surface area contributed by atoms with Gasteiger partial charge in [-0.1, -0.05) is 12.2 Å². The standard InChI is InChI=1S/C14H14F2N2O2/c15-11-5-12(16)14(18(19)20)6-13(11)17-7-10-4-8-1-2-9(10)3-8/h1-2,5-6,8-10,17H,3-4,7H2. The maximum Gasteiger partial charge on any atom is 0.307 e. The van der Waals surface area contributed by atoms with Crippen molar-refractivity contribution in [2.45, 2.75) is 12.8 Å². The molecule has 2 bridgehead atoms. The smallest absolute Gasteiger partial charge is 0.307 e. The maximum absolute atomic E-state index is 13.6. The van der Waals surface area contributed by atoms with Crippen LogP contribution in [0.15, 0.2) is 24.3 Å². The summed E-state index contributed by atoms with van der Waals surface area (Å²) < 4.78 is 26.8. The van der Waals surface area contributed by atoms with Gasteiger partial charge in [-0.25, -0.2) is 4.39 Å². The number of nitro benzene ring substituents is 1. The molecule has 0 saturated heterocycles. The minimum atomic E-state index is -1.15. The quantitative estimate of drug-likeness (QED) is 0.521. The van der Waals surface area contributed by atoms with Gasteiger partial charge in [0.15, 0.2) is 0 Å². The Kier molecular flexibility index (Phi) is 3.16. The van der Waals surface area contributed by atoms with Crippen LogP contribution in [-0.2, 0) is 0 Å². The van der Waals surface area contributed by atoms with Gasteiger partial charge in [0.25, 0.3) is 0 Å². The Hall–Kier alpha value is -1.98. The first-order valence-corrected chi connectivity index (χ1v) is 6.60. The van der Waals surface area contributed by atoms with E-state index >= 15 is 0 Å². The zero-order valence-corrected chi connectivity index (χ0v) is 10.7. The van der Waals surface area contributed by atoms with Crippen molar-refractivity contribution >= 4 is 11.4 Å². The summed E-state index contributed by atoms with van der Waals surface area (Å²) in [4.78, 5) is 9.81. The Morgan fingerprint density at radius 2 is 2.05 bits per heavy atom. The fourth-order valence-corrected chi connectivity index (χ4v) is 3.18. The van der Waals surface area contributed by atoms with Crippen molar-refractivity contribution in [1.29, 1.82) is 0 Å². The molecule has 2 aliphatic carbocycles. The van der Waals surface area contributed by atoms with Crippen molar-refractivity contribution in [1.82, 2.24) is 0 Å². The number of nitrogens with one attached hydrogen (secondary N) is 1. The minimum Gasteiger partial charge on any atom is -0.382 e. The highest BCUT2D eigenvalue weighted by atomic mass is 19.1. The molecule has 3 atom stereocenters. The maximum atomic E-state index is 13.6. The van der Waals surface area contributed by atoms with E-state index in [1.54, 1.807) is 0 Å². The Balaban J connectivity index is 1.72. The molecule has 2 aliphatic rings. The molecule has 1 aromatic carbocycles. The average molecular weight is 280 g/mol. The molecule has 1 aromatic rings. The van der Waals surface area contributed by atoms with Gasteiger partial charge in [-0.3, -0.25) is 10.1 Å². The highest BCUT2D eigenvalue weighted by Gasteiger charge is 2.35. The molecule has 3 unspecified atom stereocenters. The number of allylic oxidation sites excluding steroid dienone is 2. The van der Waals surface area contributed by atoms with E-state index < -0.39 is 22.2 Å². The lowest BCUT2D eigenvalue weighted by molar-refractivity contribution is -0.387. The second kappa shape index (κ2) is 4.85. The largest absolute Gasteiger partial charge is 0.382 e. The van der Waals surface area contributed by atoms with Crippen LogP contribution in [0.25, 0.3) is 0 Å². The van der Waals surface area contributed by atoms with Crippen molar-refractivity contribution in [3.63, 3.8) is 0 Å². The Labute approximate surface area is 114 Å². The number of hydrogen-bond donors (Lipinski definition) is 1. The molecule has 6 heteroatoms. The highest BCUT2D eigenvalue weighted by molar-refractivity contribution is 5.53. The molecule has 0 heterocycles. The predicted molar refractivity (Wildman–Crippen MR) is 70.3 cm³/mol. The van der Waals surface area contributed by atoms with E-state index in [1.807, 2.05) is 0 Å². The number of anilines is 1. The molecular formula is C14H14F2N2O2. The van der Waals surface area contributed by atoms with E-state index in [1.165, 1.54) is 0 Å². The van der Waals surface area contributed by atoms with Crippen molar-refractivity contribution in [3.8, 4) is 0 Å². The van der Waals surface area contributed by atoms with E-state index in [2.05, 4.69) is 17.5 Å². The third-order valence-electron chi connectivity index (χ3n) is 4.20. The van der Waals surface area contributed by atoms with Crippen molar-refractivity contribution in [3.05, 3.63) is 46.0 Å². The van der Waals surface area contributed by atoms with Gasteiger partial charge in [0.2, 0.25) is 5.82 Å². The second-order valence-corrected chi connectivity index (χ2v) is 5.46. The minimum absolute atomic E-state index is 0.00940. The van der Waals surface area contributed by atoms with Gasteiger partial charge in [0.1, 0.15) is 5.82 Å². The average Bonchev–Trinajstić information content (AvgIpc) is 2.99. The lowest BCUT2D eigenvalue weighted by atomic mass is 9.93. The molecule has 4 nitrogen and oxygen atoms in total. The first kappa shape index (κ1) is 13.0. The summed E-state index contributed by atoms with van der Waals surface area (Å²) in [7, 11) is 0. The van der Waals surface area contributed by atoms with Gasteiger partial charge in [-0.05, 0) is 30.6 Å². The Morgan fingerprint density at radius 3 is 2.65 bits per heavy atom. The summed E-state index contributed by atoms with van der Waals surface area (Å²) in [5.74, 6) is -0.425. The predicted octanol–water partition coefficient (Wildman–Crippen LogP) is 3.50. The molecule has 1 N–H and O–H groups in total. The van der Waals surface area contributed by atoms with Crippen LogP contribution in [0.4, 0.5) is 20.2 Å². The van der Waals surface area contributed by atoms with Crippen LogP contribution in [0.5, 0.6) is 0 Å². The van der Waals surface area contributed by atoms with Crippen LogP contribution < -0.4 is 5.32 Å². The molecule has 20 heavy (non-hydrogen) atoms. The van der Waals surface area contributed by atoms with Crippen LogP contribution in [0.1, 0.15) is 12.8 Å². The third-order valence-corrected chi connectivity index (χ3v) is 4.20. The van der Waals surface area contributed by atoms with Crippen molar-refractivity contribution < 1.29 is 13.7 Å². The van der Waals surface area contributed by atoms with E-state index in [0.29, 0.717) is 30.4 Å². The fourth-order valence-electron chi connectivity index (χ4n) is 3.18. The van der Waals surface area contributed by atoms with Gasteiger partial charge in [0.05, 0.1) is 10.6 Å². The Morgan fingerprint density at radius 1 is 1.25 bits per heavy atom. The molecule has 1 saturated carbocycles. The van der Waals surface area contributed by atoms with E-state index in [-0.39, 0.29) is 5.69 Å². The number of nitro groups is 1. The van der Waals surface area contributed by atoms with E-state index in [0.717, 1.165) is 18.9 Å². The first-order valence-electron chi connectivity index (χ1n) is 6.60. The molecule has 0 aliphatic heterocycles. The van der Waals surface area contributed by atoms with Crippen molar-refractivity contribution in [2.24, 2.45) is 17.8 Å². The van der Waals surface area contributed by atoms with Crippen LogP contribution >= 0.6 is 0 Å². The molecule has 3 rings (SSSR count). The summed E-state index contributed by atoms with van der Waals surface area (Å²) in [6.07, 6.45) is 6.59. The summed E-state index contributed by atoms with van der Waals surface area (Å²) in [6.45, 7) is 0.547. The van der Waals surface area contributed by atoms with Crippen LogP contribution in [-0.4, -0.2) is 11.5 Å². The van der Waals surface area contributed by atoms with Gasteiger partial charge in [0, 0.05) is 18.7 Å². The summed E-state index contributed by atoms with van der Waals surface area (Å²) in [5.41, 5.74) is -0.716. The molecule has 1 fully saturated rings. The Bertz CT molecular complexity index is 589. The zero-order valence-electron chi connectivity index (χ0n) is 10.7. The summed E-state index contributed by atoms with van der Waals surface area (Å²) in [5, 5.41) is 13.5. The number of halogens is 2. The van der Waals surface area contributed by atoms with Crippen molar-refractivity contribution in [2.75, 3.05) is 11.9 Å². The molecule has 0 amide bonds. The SMILES string of the molecule is O=[N+]([O-])c1cc(NCC2CC3C=CC2C3)c(F)cc1F. The van der Waals surface area contributed by atoms with Crippen LogP contribution in [0.2, 0.25) is 0 Å². The lowest BCUT2D eigenvalue weighted by Crippen LogP contribution is -2.19. The first-order chi connectivity index (χ1) is 9.54. The van der Waals surface area contributed by atoms with E-state index in [4.69, 9.17) is 0 Å². The summed E-state index contributed by atoms with van der Waals surface area (Å²) in [6, 6.07) is 1.48. The third kappa shape index (κ3) is 2.26. The number of benzene rings is 1. The molecule has 0 aromatic heterocycles. The van der Waals surface area contributed by atoms with Gasteiger partial charge in [-0.15, -0.1) is 0 Å². The van der Waals surface area contributed by atoms with Gasteiger partial charge in [-0.2, -0.15) is 4.39 Å². The molecule has 0 radical (unpaired) electrons. The van der Waals surface area contributed by atoms with Crippen LogP contribution in [0, 0.1) is 39.5 Å². The summed E-state index contributed by atoms with van der Waals surface area (Å²) >= 11 is 0. The normalized spacial score (nSPS) is 27.0. The number of rotatable bonds is 4.